The second-order valence-electron chi connectivity index (χ2n) is 7.71. The first-order valence-electron chi connectivity index (χ1n) is 9.95. The Morgan fingerprint density at radius 1 is 1.00 bits per heavy atom. The molecule has 0 saturated carbocycles. The van der Waals surface area contributed by atoms with Crippen molar-refractivity contribution in [1.82, 2.24) is 4.31 Å². The van der Waals surface area contributed by atoms with Crippen LogP contribution in [0.4, 0.5) is 11.4 Å². The quantitative estimate of drug-likeness (QED) is 0.679. The molecule has 7 heteroatoms. The van der Waals surface area contributed by atoms with E-state index >= 15 is 0 Å². The topological polar surface area (TPSA) is 69.7 Å². The van der Waals surface area contributed by atoms with Gasteiger partial charge in [0.15, 0.2) is 0 Å². The molecule has 3 aromatic rings. The van der Waals surface area contributed by atoms with Gasteiger partial charge < -0.3 is 10.2 Å². The molecule has 30 heavy (non-hydrogen) atoms. The summed E-state index contributed by atoms with van der Waals surface area (Å²) in [4.78, 5) is 15.1. The summed E-state index contributed by atoms with van der Waals surface area (Å²) in [5.41, 5.74) is 1.68. The van der Waals surface area contributed by atoms with Crippen molar-refractivity contribution in [3.8, 4) is 0 Å². The zero-order chi connectivity index (χ0) is 21.3. The predicted molar refractivity (Wildman–Crippen MR) is 120 cm³/mol. The molecule has 4 rings (SSSR count). The van der Waals surface area contributed by atoms with Gasteiger partial charge in [-0.2, -0.15) is 4.31 Å². The Labute approximate surface area is 177 Å². The van der Waals surface area contributed by atoms with Gasteiger partial charge in [-0.25, -0.2) is 8.42 Å². The first kappa shape index (κ1) is 20.4. The number of anilines is 2. The molecule has 0 radical (unpaired) electrons. The maximum Gasteiger partial charge on any atom is 0.243 e. The molecule has 1 aliphatic rings. The molecule has 0 spiro atoms. The van der Waals surface area contributed by atoms with E-state index in [0.29, 0.717) is 25.1 Å². The highest BCUT2D eigenvalue weighted by atomic mass is 32.2. The van der Waals surface area contributed by atoms with Crippen LogP contribution in [0.25, 0.3) is 10.8 Å². The second-order valence-corrected chi connectivity index (χ2v) is 9.60. The van der Waals surface area contributed by atoms with Crippen molar-refractivity contribution in [2.75, 3.05) is 30.9 Å². The molecular weight excluding hydrogens is 398 g/mol. The van der Waals surface area contributed by atoms with Crippen LogP contribution in [0.15, 0.2) is 71.6 Å². The first-order valence-corrected chi connectivity index (χ1v) is 11.4. The number of benzene rings is 3. The largest absolute Gasteiger partial charge is 0.378 e. The lowest BCUT2D eigenvalue weighted by Crippen LogP contribution is -2.43. The molecule has 156 valence electrons. The number of hydrogen-bond acceptors (Lipinski definition) is 4. The number of rotatable bonds is 5. The van der Waals surface area contributed by atoms with Gasteiger partial charge >= 0.3 is 0 Å². The average molecular weight is 424 g/mol. The third-order valence-electron chi connectivity index (χ3n) is 5.49. The third-order valence-corrected chi connectivity index (χ3v) is 7.39. The van der Waals surface area contributed by atoms with Crippen molar-refractivity contribution in [1.29, 1.82) is 0 Å². The minimum atomic E-state index is -3.77. The fourth-order valence-electron chi connectivity index (χ4n) is 3.82. The molecule has 0 aromatic heterocycles. The minimum Gasteiger partial charge on any atom is -0.378 e. The van der Waals surface area contributed by atoms with E-state index in [4.69, 9.17) is 0 Å². The fourth-order valence-corrected chi connectivity index (χ4v) is 5.51. The normalized spacial score (nSPS) is 17.2. The maximum atomic E-state index is 13.3. The van der Waals surface area contributed by atoms with Gasteiger partial charge in [-0.3, -0.25) is 4.79 Å². The summed E-state index contributed by atoms with van der Waals surface area (Å²) in [5.74, 6) is -0.297. The Kier molecular flexibility index (Phi) is 5.49. The molecular formula is C23H25N3O3S. The minimum absolute atomic E-state index is 0.219. The van der Waals surface area contributed by atoms with Crippen LogP contribution in [0.3, 0.4) is 0 Å². The summed E-state index contributed by atoms with van der Waals surface area (Å²) < 4.78 is 27.9. The standard InChI is InChI=1S/C23H25N3O3S/c1-25(2)20-12-10-19(11-13-20)24-23(27)22-8-5-15-26(22)30(28,29)21-14-9-17-6-3-4-7-18(17)16-21/h3-4,6-7,9-14,16,22H,5,8,15H2,1-2H3,(H,24,27)/t22-/m0/s1. The molecule has 1 heterocycles. The fraction of sp³-hybridized carbons (Fsp3) is 0.261. The van der Waals surface area contributed by atoms with E-state index in [1.165, 1.54) is 4.31 Å². The molecule has 0 unspecified atom stereocenters. The van der Waals surface area contributed by atoms with Gasteiger partial charge in [-0.1, -0.05) is 30.3 Å². The lowest BCUT2D eigenvalue weighted by Gasteiger charge is -2.23. The highest BCUT2D eigenvalue weighted by Crippen LogP contribution is 2.29. The average Bonchev–Trinajstić information content (AvgIpc) is 3.25. The first-order chi connectivity index (χ1) is 14.4. The van der Waals surface area contributed by atoms with Crippen molar-refractivity contribution in [2.45, 2.75) is 23.8 Å². The third kappa shape index (κ3) is 3.91. The Morgan fingerprint density at radius 2 is 1.70 bits per heavy atom. The number of sulfonamides is 1. The summed E-state index contributed by atoms with van der Waals surface area (Å²) in [6.07, 6.45) is 1.17. The smallest absolute Gasteiger partial charge is 0.243 e. The molecule has 1 N–H and O–H groups in total. The molecule has 0 aliphatic carbocycles. The molecule has 0 bridgehead atoms. The lowest BCUT2D eigenvalue weighted by molar-refractivity contribution is -0.119. The monoisotopic (exact) mass is 423 g/mol. The lowest BCUT2D eigenvalue weighted by atomic mass is 10.1. The maximum absolute atomic E-state index is 13.3. The van der Waals surface area contributed by atoms with Gasteiger partial charge in [0.2, 0.25) is 15.9 Å². The Balaban J connectivity index is 1.56. The van der Waals surface area contributed by atoms with Crippen molar-refractivity contribution < 1.29 is 13.2 Å². The summed E-state index contributed by atoms with van der Waals surface area (Å²) in [5, 5.41) is 4.71. The van der Waals surface area contributed by atoms with Crippen molar-refractivity contribution in [3.63, 3.8) is 0 Å². The van der Waals surface area contributed by atoms with Crippen molar-refractivity contribution >= 4 is 38.1 Å². The Bertz CT molecular complexity index is 1170. The number of fused-ring (bicyclic) bond motifs is 1. The summed E-state index contributed by atoms with van der Waals surface area (Å²) >= 11 is 0. The van der Waals surface area contributed by atoms with Crippen LogP contribution < -0.4 is 10.2 Å². The van der Waals surface area contributed by atoms with E-state index in [1.54, 1.807) is 18.2 Å². The SMILES string of the molecule is CN(C)c1ccc(NC(=O)[C@@H]2CCCN2S(=O)(=O)c2ccc3ccccc3c2)cc1. The highest BCUT2D eigenvalue weighted by Gasteiger charge is 2.39. The Morgan fingerprint density at radius 3 is 2.40 bits per heavy atom. The molecule has 1 fully saturated rings. The van der Waals surface area contributed by atoms with E-state index in [2.05, 4.69) is 5.32 Å². The van der Waals surface area contributed by atoms with Crippen LogP contribution in [0, 0.1) is 0 Å². The van der Waals surface area contributed by atoms with Gasteiger partial charge in [0.1, 0.15) is 6.04 Å². The zero-order valence-electron chi connectivity index (χ0n) is 17.1. The van der Waals surface area contributed by atoms with E-state index in [0.717, 1.165) is 16.5 Å². The van der Waals surface area contributed by atoms with Gasteiger partial charge in [-0.15, -0.1) is 0 Å². The number of amides is 1. The predicted octanol–water partition coefficient (Wildman–Crippen LogP) is 3.70. The number of carbonyl (C=O) groups excluding carboxylic acids is 1. The van der Waals surface area contributed by atoms with E-state index < -0.39 is 16.1 Å². The number of nitrogens with one attached hydrogen (secondary N) is 1. The van der Waals surface area contributed by atoms with Crippen LogP contribution in [0.5, 0.6) is 0 Å². The molecule has 3 aromatic carbocycles. The van der Waals surface area contributed by atoms with Gasteiger partial charge in [0.25, 0.3) is 0 Å². The van der Waals surface area contributed by atoms with Gasteiger partial charge in [0, 0.05) is 32.0 Å². The van der Waals surface area contributed by atoms with Crippen molar-refractivity contribution in [2.24, 2.45) is 0 Å². The number of carbonyl (C=O) groups is 1. The summed E-state index contributed by atoms with van der Waals surface area (Å²) in [6, 6.07) is 19.5. The van der Waals surface area contributed by atoms with Gasteiger partial charge in [0.05, 0.1) is 4.90 Å². The molecule has 1 amide bonds. The van der Waals surface area contributed by atoms with Crippen LogP contribution in [0.1, 0.15) is 12.8 Å². The molecule has 1 atom stereocenters. The zero-order valence-corrected chi connectivity index (χ0v) is 17.9. The van der Waals surface area contributed by atoms with Crippen molar-refractivity contribution in [3.05, 3.63) is 66.7 Å². The highest BCUT2D eigenvalue weighted by molar-refractivity contribution is 7.89. The van der Waals surface area contributed by atoms with Crippen LogP contribution in [-0.4, -0.2) is 45.3 Å². The number of hydrogen-bond donors (Lipinski definition) is 1. The van der Waals surface area contributed by atoms with Crippen LogP contribution in [0.2, 0.25) is 0 Å². The van der Waals surface area contributed by atoms with E-state index in [9.17, 15) is 13.2 Å². The number of nitrogens with zero attached hydrogens (tertiary/aromatic N) is 2. The van der Waals surface area contributed by atoms with E-state index in [-0.39, 0.29) is 10.8 Å². The van der Waals surface area contributed by atoms with E-state index in [1.807, 2.05) is 67.5 Å². The van der Waals surface area contributed by atoms with Gasteiger partial charge in [-0.05, 0) is 60.0 Å². The van der Waals surface area contributed by atoms with Crippen LogP contribution >= 0.6 is 0 Å². The molecule has 1 saturated heterocycles. The van der Waals surface area contributed by atoms with Crippen LogP contribution in [-0.2, 0) is 14.8 Å². The summed E-state index contributed by atoms with van der Waals surface area (Å²) in [6.45, 7) is 0.340. The Hall–Kier alpha value is -2.90. The summed E-state index contributed by atoms with van der Waals surface area (Å²) in [7, 11) is 0.123. The molecule has 6 nitrogen and oxygen atoms in total. The molecule has 1 aliphatic heterocycles. The second kappa shape index (κ2) is 8.08.